The Morgan fingerprint density at radius 1 is 1.08 bits per heavy atom. The molecule has 3 heterocycles. The van der Waals surface area contributed by atoms with Crippen LogP contribution in [-0.4, -0.2) is 36.5 Å². The Morgan fingerprint density at radius 2 is 1.87 bits per heavy atom. The van der Waals surface area contributed by atoms with Crippen LogP contribution in [0.4, 0.5) is 5.82 Å². The van der Waals surface area contributed by atoms with Crippen molar-refractivity contribution < 1.29 is 14.3 Å². The lowest BCUT2D eigenvalue weighted by molar-refractivity contribution is -0.123. The molecule has 0 radical (unpaired) electrons. The molecular formula is C28H26N8O3. The molecule has 2 amide bonds. The Labute approximate surface area is 224 Å². The zero-order chi connectivity index (χ0) is 27.2. The second-order valence-electron chi connectivity index (χ2n) is 8.90. The summed E-state index contributed by atoms with van der Waals surface area (Å²) in [7, 11) is 0. The van der Waals surface area contributed by atoms with Crippen LogP contribution in [0.15, 0.2) is 66.6 Å². The number of hydrazine groups is 1. The molecule has 0 spiro atoms. The van der Waals surface area contributed by atoms with E-state index >= 15 is 0 Å². The summed E-state index contributed by atoms with van der Waals surface area (Å²) in [6.45, 7) is 1.55. The highest BCUT2D eigenvalue weighted by Gasteiger charge is 2.25. The third kappa shape index (κ3) is 5.86. The van der Waals surface area contributed by atoms with E-state index in [1.165, 1.54) is 12.4 Å². The van der Waals surface area contributed by atoms with E-state index in [1.54, 1.807) is 19.2 Å². The van der Waals surface area contributed by atoms with E-state index in [0.29, 0.717) is 47.0 Å². The number of benzene rings is 1. The number of nitrogens with one attached hydrogen (secondary N) is 2. The van der Waals surface area contributed by atoms with Gasteiger partial charge in [0.2, 0.25) is 5.88 Å². The van der Waals surface area contributed by atoms with Crippen molar-refractivity contribution >= 4 is 28.7 Å². The Hall–Kier alpha value is -5.24. The first kappa shape index (κ1) is 25.4. The molecule has 4 aromatic rings. The summed E-state index contributed by atoms with van der Waals surface area (Å²) >= 11 is 0. The van der Waals surface area contributed by atoms with Gasteiger partial charge < -0.3 is 10.5 Å². The fourth-order valence-electron chi connectivity index (χ4n) is 4.51. The highest BCUT2D eigenvalue weighted by atomic mass is 16.5. The van der Waals surface area contributed by atoms with Crippen molar-refractivity contribution in [3.05, 3.63) is 66.6 Å². The van der Waals surface area contributed by atoms with Gasteiger partial charge >= 0.3 is 5.91 Å². The van der Waals surface area contributed by atoms with Crippen molar-refractivity contribution in [2.24, 2.45) is 0 Å². The third-order valence-electron chi connectivity index (χ3n) is 6.32. The lowest BCUT2D eigenvalue weighted by Gasteiger charge is -2.24. The van der Waals surface area contributed by atoms with Crippen LogP contribution in [0.2, 0.25) is 0 Å². The molecule has 5 rings (SSSR count). The van der Waals surface area contributed by atoms with E-state index < -0.39 is 11.8 Å². The van der Waals surface area contributed by atoms with Gasteiger partial charge in [0.05, 0.1) is 11.4 Å². The average molecular weight is 523 g/mol. The van der Waals surface area contributed by atoms with Crippen LogP contribution in [0.5, 0.6) is 11.6 Å². The molecule has 39 heavy (non-hydrogen) atoms. The van der Waals surface area contributed by atoms with Crippen LogP contribution in [0, 0.1) is 11.8 Å². The maximum absolute atomic E-state index is 12.2. The van der Waals surface area contributed by atoms with Crippen LogP contribution < -0.4 is 21.3 Å². The predicted molar refractivity (Wildman–Crippen MR) is 145 cm³/mol. The zero-order valence-corrected chi connectivity index (χ0v) is 21.2. The quantitative estimate of drug-likeness (QED) is 0.205. The van der Waals surface area contributed by atoms with E-state index in [9.17, 15) is 9.59 Å². The van der Waals surface area contributed by atoms with Crippen molar-refractivity contribution in [1.82, 2.24) is 35.6 Å². The normalized spacial score (nSPS) is 14.7. The van der Waals surface area contributed by atoms with Crippen molar-refractivity contribution in [3.63, 3.8) is 0 Å². The number of carbonyl (C=O) groups is 2. The second-order valence-corrected chi connectivity index (χ2v) is 8.90. The lowest BCUT2D eigenvalue weighted by Crippen LogP contribution is -2.40. The topological polar surface area (TPSA) is 150 Å². The number of amides is 2. The summed E-state index contributed by atoms with van der Waals surface area (Å²) < 4.78 is 7.73. The van der Waals surface area contributed by atoms with Crippen LogP contribution in [-0.2, 0) is 9.59 Å². The number of fused-ring (bicyclic) bond motifs is 1. The zero-order valence-electron chi connectivity index (χ0n) is 21.2. The summed E-state index contributed by atoms with van der Waals surface area (Å²) in [4.78, 5) is 36.5. The Morgan fingerprint density at radius 3 is 2.59 bits per heavy atom. The largest absolute Gasteiger partial charge is 0.439 e. The number of nitrogens with two attached hydrogens (primary N) is 1. The van der Waals surface area contributed by atoms with E-state index in [0.717, 1.165) is 24.0 Å². The SMILES string of the molecule is CC#CC(=O)NNC(=O)C=C1CCC(n2nc(-c3ccc(Oc4ccccn4)cc3)c3c(N)ncnc32)CC1. The molecule has 1 aliphatic carbocycles. The van der Waals surface area contributed by atoms with Crippen molar-refractivity contribution in [3.8, 4) is 34.7 Å². The molecule has 1 aliphatic rings. The fraction of sp³-hybridized carbons (Fsp3) is 0.214. The van der Waals surface area contributed by atoms with E-state index in [1.807, 2.05) is 41.1 Å². The lowest BCUT2D eigenvalue weighted by atomic mass is 9.90. The van der Waals surface area contributed by atoms with Gasteiger partial charge in [-0.15, -0.1) is 0 Å². The molecule has 0 atom stereocenters. The third-order valence-corrected chi connectivity index (χ3v) is 6.32. The van der Waals surface area contributed by atoms with Crippen LogP contribution in [0.1, 0.15) is 38.6 Å². The molecule has 11 heteroatoms. The number of aromatic nitrogens is 5. The number of anilines is 1. The Kier molecular flexibility index (Phi) is 7.45. The number of allylic oxidation sites excluding steroid dienone is 1. The highest BCUT2D eigenvalue weighted by Crippen LogP contribution is 2.37. The van der Waals surface area contributed by atoms with Gasteiger partial charge in [0.25, 0.3) is 5.91 Å². The molecule has 4 N–H and O–H groups in total. The summed E-state index contributed by atoms with van der Waals surface area (Å²) in [5.74, 6) is 5.34. The minimum Gasteiger partial charge on any atom is -0.439 e. The van der Waals surface area contributed by atoms with Gasteiger partial charge in [-0.25, -0.2) is 19.6 Å². The summed E-state index contributed by atoms with van der Waals surface area (Å²) in [6.07, 6.45) is 7.59. The monoisotopic (exact) mass is 522 g/mol. The van der Waals surface area contributed by atoms with Gasteiger partial charge in [-0.05, 0) is 68.9 Å². The molecule has 1 aromatic carbocycles. The molecule has 0 aliphatic heterocycles. The number of pyridine rings is 1. The van der Waals surface area contributed by atoms with Gasteiger partial charge in [0.1, 0.15) is 23.6 Å². The number of hydrogen-bond acceptors (Lipinski definition) is 8. The number of hydrogen-bond donors (Lipinski definition) is 3. The molecule has 0 saturated heterocycles. The summed E-state index contributed by atoms with van der Waals surface area (Å²) in [5, 5.41) is 5.63. The molecule has 3 aromatic heterocycles. The molecule has 0 unspecified atom stereocenters. The second kappa shape index (κ2) is 11.4. The van der Waals surface area contributed by atoms with Crippen LogP contribution in [0.25, 0.3) is 22.3 Å². The van der Waals surface area contributed by atoms with Gasteiger partial charge in [0.15, 0.2) is 5.65 Å². The van der Waals surface area contributed by atoms with E-state index in [-0.39, 0.29) is 6.04 Å². The molecule has 0 bridgehead atoms. The number of nitrogen functional groups attached to an aromatic ring is 1. The fourth-order valence-corrected chi connectivity index (χ4v) is 4.51. The van der Waals surface area contributed by atoms with E-state index in [2.05, 4.69) is 37.6 Å². The number of ether oxygens (including phenoxy) is 1. The van der Waals surface area contributed by atoms with Crippen molar-refractivity contribution in [2.45, 2.75) is 38.6 Å². The number of nitrogens with zero attached hydrogens (tertiary/aromatic N) is 5. The van der Waals surface area contributed by atoms with Gasteiger partial charge in [-0.1, -0.05) is 17.6 Å². The molecular weight excluding hydrogens is 496 g/mol. The average Bonchev–Trinajstić information content (AvgIpc) is 3.35. The maximum Gasteiger partial charge on any atom is 0.314 e. The number of rotatable bonds is 5. The van der Waals surface area contributed by atoms with Crippen molar-refractivity contribution in [1.29, 1.82) is 0 Å². The minimum atomic E-state index is -0.564. The smallest absolute Gasteiger partial charge is 0.314 e. The van der Waals surface area contributed by atoms with Gasteiger partial charge in [-0.3, -0.25) is 20.4 Å². The number of carbonyl (C=O) groups excluding carboxylic acids is 2. The molecule has 1 fully saturated rings. The van der Waals surface area contributed by atoms with Crippen molar-refractivity contribution in [2.75, 3.05) is 5.73 Å². The molecule has 11 nitrogen and oxygen atoms in total. The standard InChI is InChI=1S/C28H26N8O3/c1-2-5-22(37)33-34-23(38)16-18-7-11-20(12-8-18)36-28-25(27(29)31-17-32-28)26(35-36)19-9-13-21(14-10-19)39-24-6-3-4-15-30-24/h3-4,6,9-10,13-17,20H,7-8,11-12H2,1H3,(H,33,37)(H,34,38)(H2,29,31,32). The Balaban J connectivity index is 1.33. The van der Waals surface area contributed by atoms with Crippen LogP contribution in [0.3, 0.4) is 0 Å². The Bertz CT molecular complexity index is 1590. The predicted octanol–water partition coefficient (Wildman–Crippen LogP) is 3.48. The molecule has 196 valence electrons. The van der Waals surface area contributed by atoms with Gasteiger partial charge in [0, 0.05) is 23.9 Å². The van der Waals surface area contributed by atoms with E-state index in [4.69, 9.17) is 15.6 Å². The highest BCUT2D eigenvalue weighted by molar-refractivity contribution is 5.98. The van der Waals surface area contributed by atoms with Gasteiger partial charge in [-0.2, -0.15) is 5.10 Å². The first-order chi connectivity index (χ1) is 19.0. The van der Waals surface area contributed by atoms with Crippen LogP contribution >= 0.6 is 0 Å². The summed E-state index contributed by atoms with van der Waals surface area (Å²) in [5.41, 5.74) is 14.1. The maximum atomic E-state index is 12.2. The molecule has 1 saturated carbocycles. The summed E-state index contributed by atoms with van der Waals surface area (Å²) in [6, 6.07) is 13.1. The first-order valence-electron chi connectivity index (χ1n) is 12.4. The minimum absolute atomic E-state index is 0.0713. The first-order valence-corrected chi connectivity index (χ1v) is 12.4.